The third-order valence-electron chi connectivity index (χ3n) is 4.59. The van der Waals surface area contributed by atoms with Gasteiger partial charge in [0.15, 0.2) is 0 Å². The third kappa shape index (κ3) is 4.53. The SMILES string of the molecule is C=C(C/C=C/c1ccc(C)cc1)C(=O)[Si](CC)(CC)CC. The first-order valence-electron chi connectivity index (χ1n) is 7.94. The molecule has 0 radical (unpaired) electrons. The number of benzene rings is 1. The second kappa shape index (κ2) is 8.13. The van der Waals surface area contributed by atoms with Crippen LogP contribution in [0.4, 0.5) is 0 Å². The van der Waals surface area contributed by atoms with Crippen LogP contribution >= 0.6 is 0 Å². The lowest BCUT2D eigenvalue weighted by Crippen LogP contribution is -2.42. The maximum absolute atomic E-state index is 12.7. The molecule has 0 aliphatic carbocycles. The lowest BCUT2D eigenvalue weighted by Gasteiger charge is -2.26. The highest BCUT2D eigenvalue weighted by Gasteiger charge is 2.36. The molecule has 0 aromatic heterocycles. The van der Waals surface area contributed by atoms with E-state index in [4.69, 9.17) is 0 Å². The highest BCUT2D eigenvalue weighted by Crippen LogP contribution is 2.25. The molecule has 21 heavy (non-hydrogen) atoms. The summed E-state index contributed by atoms with van der Waals surface area (Å²) in [4.78, 5) is 12.7. The average molecular weight is 301 g/mol. The number of carbonyl (C=O) groups is 1. The molecule has 2 heteroatoms. The van der Waals surface area contributed by atoms with E-state index >= 15 is 0 Å². The summed E-state index contributed by atoms with van der Waals surface area (Å²) < 4.78 is 0. The maximum atomic E-state index is 12.7. The highest BCUT2D eigenvalue weighted by atomic mass is 28.3. The molecule has 0 unspecified atom stereocenters. The normalized spacial score (nSPS) is 11.8. The molecule has 0 bridgehead atoms. The summed E-state index contributed by atoms with van der Waals surface area (Å²) in [6.07, 6.45) is 4.80. The Hall–Kier alpha value is -1.41. The van der Waals surface area contributed by atoms with Gasteiger partial charge in [0.25, 0.3) is 0 Å². The van der Waals surface area contributed by atoms with Gasteiger partial charge in [-0.05, 0) is 24.5 Å². The quantitative estimate of drug-likeness (QED) is 0.453. The van der Waals surface area contributed by atoms with Crippen molar-refractivity contribution >= 4 is 19.6 Å². The Kier molecular flexibility index (Phi) is 6.83. The predicted molar refractivity (Wildman–Crippen MR) is 96.2 cm³/mol. The van der Waals surface area contributed by atoms with Gasteiger partial charge in [-0.25, -0.2) is 0 Å². The molecule has 0 atom stereocenters. The number of carbonyl (C=O) groups excluding carboxylic acids is 1. The first kappa shape index (κ1) is 17.6. The fourth-order valence-electron chi connectivity index (χ4n) is 2.71. The van der Waals surface area contributed by atoms with Crippen LogP contribution in [0.3, 0.4) is 0 Å². The van der Waals surface area contributed by atoms with Crippen molar-refractivity contribution in [3.8, 4) is 0 Å². The van der Waals surface area contributed by atoms with Crippen molar-refractivity contribution in [1.29, 1.82) is 0 Å². The van der Waals surface area contributed by atoms with E-state index in [0.717, 1.165) is 23.7 Å². The van der Waals surface area contributed by atoms with Gasteiger partial charge in [0.2, 0.25) is 0 Å². The Bertz CT molecular complexity index is 499. The zero-order valence-electron chi connectivity index (χ0n) is 13.9. The molecular weight excluding hydrogens is 272 g/mol. The maximum Gasteiger partial charge on any atom is 0.138 e. The van der Waals surface area contributed by atoms with E-state index in [-0.39, 0.29) is 0 Å². The molecule has 1 nitrogen and oxygen atoms in total. The smallest absolute Gasteiger partial charge is 0.138 e. The minimum Gasteiger partial charge on any atom is -0.300 e. The molecule has 0 amide bonds. The largest absolute Gasteiger partial charge is 0.300 e. The molecule has 0 aliphatic rings. The van der Waals surface area contributed by atoms with Crippen LogP contribution in [0, 0.1) is 6.92 Å². The van der Waals surface area contributed by atoms with Gasteiger partial charge < -0.3 is 4.79 Å². The summed E-state index contributed by atoms with van der Waals surface area (Å²) in [5.74, 6) is 0. The van der Waals surface area contributed by atoms with Gasteiger partial charge in [-0.3, -0.25) is 0 Å². The topological polar surface area (TPSA) is 17.1 Å². The number of rotatable bonds is 8. The van der Waals surface area contributed by atoms with E-state index in [2.05, 4.69) is 70.7 Å². The molecule has 0 saturated heterocycles. The monoisotopic (exact) mass is 300 g/mol. The zero-order chi connectivity index (χ0) is 15.9. The van der Waals surface area contributed by atoms with Crippen molar-refractivity contribution in [3.63, 3.8) is 0 Å². The lowest BCUT2D eigenvalue weighted by molar-refractivity contribution is -0.109. The van der Waals surface area contributed by atoms with Gasteiger partial charge >= 0.3 is 0 Å². The summed E-state index contributed by atoms with van der Waals surface area (Å²) in [5, 5.41) is 0.378. The molecule has 0 aliphatic heterocycles. The lowest BCUT2D eigenvalue weighted by atomic mass is 10.1. The molecule has 0 spiro atoms. The Morgan fingerprint density at radius 1 is 1.10 bits per heavy atom. The number of hydrogen-bond acceptors (Lipinski definition) is 1. The molecule has 0 saturated carbocycles. The van der Waals surface area contributed by atoms with E-state index in [1.807, 2.05) is 0 Å². The van der Waals surface area contributed by atoms with Gasteiger partial charge in [0.1, 0.15) is 13.5 Å². The third-order valence-corrected chi connectivity index (χ3v) is 9.96. The number of aryl methyl sites for hydroxylation is 1. The molecule has 0 fully saturated rings. The summed E-state index contributed by atoms with van der Waals surface area (Å²) in [6.45, 7) is 12.6. The van der Waals surface area contributed by atoms with Crippen LogP contribution in [0.2, 0.25) is 18.1 Å². The Balaban J connectivity index is 2.68. The minimum atomic E-state index is -1.79. The molecule has 1 aromatic rings. The average Bonchev–Trinajstić information content (AvgIpc) is 2.51. The van der Waals surface area contributed by atoms with E-state index in [9.17, 15) is 4.79 Å². The van der Waals surface area contributed by atoms with Crippen molar-refractivity contribution in [2.75, 3.05) is 0 Å². The summed E-state index contributed by atoms with van der Waals surface area (Å²) >= 11 is 0. The Morgan fingerprint density at radius 3 is 2.10 bits per heavy atom. The number of hydrogen-bond donors (Lipinski definition) is 0. The summed E-state index contributed by atoms with van der Waals surface area (Å²) in [6, 6.07) is 11.5. The molecular formula is C19H28OSi. The van der Waals surface area contributed by atoms with Crippen LogP contribution in [0.1, 0.15) is 38.3 Å². The minimum absolute atomic E-state index is 0.378. The van der Waals surface area contributed by atoms with Crippen LogP contribution in [-0.4, -0.2) is 13.5 Å². The molecule has 0 N–H and O–H groups in total. The van der Waals surface area contributed by atoms with Crippen LogP contribution in [-0.2, 0) is 4.79 Å². The van der Waals surface area contributed by atoms with Crippen molar-refractivity contribution in [2.24, 2.45) is 0 Å². The van der Waals surface area contributed by atoms with E-state index in [1.165, 1.54) is 11.1 Å². The van der Waals surface area contributed by atoms with Gasteiger partial charge in [0.05, 0.1) is 0 Å². The van der Waals surface area contributed by atoms with Crippen LogP contribution in [0.25, 0.3) is 6.08 Å². The molecule has 114 valence electrons. The van der Waals surface area contributed by atoms with Crippen molar-refractivity contribution in [3.05, 3.63) is 53.6 Å². The predicted octanol–water partition coefficient (Wildman–Crippen LogP) is 5.57. The van der Waals surface area contributed by atoms with Crippen LogP contribution < -0.4 is 0 Å². The fourth-order valence-corrected chi connectivity index (χ4v) is 6.03. The first-order chi connectivity index (χ1) is 9.99. The second-order valence-electron chi connectivity index (χ2n) is 5.79. The molecule has 1 rings (SSSR count). The van der Waals surface area contributed by atoms with E-state index in [1.54, 1.807) is 0 Å². The fraction of sp³-hybridized carbons (Fsp3) is 0.421. The number of allylic oxidation sites excluding steroid dienone is 2. The van der Waals surface area contributed by atoms with E-state index < -0.39 is 8.07 Å². The zero-order valence-corrected chi connectivity index (χ0v) is 14.9. The van der Waals surface area contributed by atoms with Crippen molar-refractivity contribution in [1.82, 2.24) is 0 Å². The van der Waals surface area contributed by atoms with Gasteiger partial charge in [-0.15, -0.1) is 0 Å². The van der Waals surface area contributed by atoms with Crippen molar-refractivity contribution < 1.29 is 4.79 Å². The molecule has 0 heterocycles. The summed E-state index contributed by atoms with van der Waals surface area (Å²) in [5.41, 5.74) is 3.22. The van der Waals surface area contributed by atoms with Gasteiger partial charge in [-0.2, -0.15) is 0 Å². The van der Waals surface area contributed by atoms with Crippen molar-refractivity contribution in [2.45, 2.75) is 52.2 Å². The van der Waals surface area contributed by atoms with Crippen LogP contribution in [0.15, 0.2) is 42.5 Å². The first-order valence-corrected chi connectivity index (χ1v) is 10.6. The second-order valence-corrected chi connectivity index (χ2v) is 10.9. The standard InChI is InChI=1S/C19H28OSi/c1-6-21(7-2,8-3)19(20)17(5)10-9-11-18-14-12-16(4)13-15-18/h9,11-15H,5-8,10H2,1-4H3/b11-9+. The Labute approximate surface area is 130 Å². The van der Waals surface area contributed by atoms with Crippen LogP contribution in [0.5, 0.6) is 0 Å². The highest BCUT2D eigenvalue weighted by molar-refractivity contribution is 7.07. The van der Waals surface area contributed by atoms with Gasteiger partial charge in [0, 0.05) is 0 Å². The summed E-state index contributed by atoms with van der Waals surface area (Å²) in [7, 11) is -1.79. The Morgan fingerprint density at radius 2 is 1.62 bits per heavy atom. The van der Waals surface area contributed by atoms with Gasteiger partial charge in [-0.1, -0.05) is 87.5 Å². The molecule has 1 aromatic carbocycles. The van der Waals surface area contributed by atoms with E-state index in [0.29, 0.717) is 11.8 Å².